The predicted octanol–water partition coefficient (Wildman–Crippen LogP) is 2.69. The van der Waals surface area contributed by atoms with Crippen molar-refractivity contribution >= 4 is 0 Å². The van der Waals surface area contributed by atoms with Gasteiger partial charge in [-0.25, -0.2) is 0 Å². The van der Waals surface area contributed by atoms with Gasteiger partial charge in [-0.3, -0.25) is 0 Å². The molecule has 0 saturated carbocycles. The molecule has 2 N–H and O–H groups in total. The number of hydrogen-bond acceptors (Lipinski definition) is 4. The van der Waals surface area contributed by atoms with E-state index in [-0.39, 0.29) is 12.2 Å². The predicted molar refractivity (Wildman–Crippen MR) is 46.4 cm³/mol. The summed E-state index contributed by atoms with van der Waals surface area (Å²) in [5, 5.41) is 3.02. The lowest BCUT2D eigenvalue weighted by Gasteiger charge is -2.19. The standard InChI is InChI=1S/C8H9F6N3O/c1-2-3(15)5-16-6(18-17-5)4(7(9,10)11)8(12,13)14/h3-4H,2,15H2,1H3. The molecule has 1 atom stereocenters. The van der Waals surface area contributed by atoms with Gasteiger partial charge in [0, 0.05) is 0 Å². The minimum atomic E-state index is -5.56. The summed E-state index contributed by atoms with van der Waals surface area (Å²) >= 11 is 0. The summed E-state index contributed by atoms with van der Waals surface area (Å²) in [5.41, 5.74) is 5.38. The Balaban J connectivity index is 3.12. The smallest absolute Gasteiger partial charge is 0.338 e. The summed E-state index contributed by atoms with van der Waals surface area (Å²) in [5.74, 6) is -5.73. The molecule has 0 radical (unpaired) electrons. The SMILES string of the molecule is CCC(N)c1noc(C(C(F)(F)F)C(F)(F)F)n1. The van der Waals surface area contributed by atoms with E-state index in [4.69, 9.17) is 5.73 Å². The van der Waals surface area contributed by atoms with Crippen molar-refractivity contribution in [1.29, 1.82) is 0 Å². The zero-order chi connectivity index (χ0) is 14.1. The largest absolute Gasteiger partial charge is 0.409 e. The first kappa shape index (κ1) is 14.7. The number of nitrogens with zero attached hydrogens (tertiary/aromatic N) is 2. The van der Waals surface area contributed by atoms with Gasteiger partial charge < -0.3 is 10.3 Å². The van der Waals surface area contributed by atoms with E-state index in [0.29, 0.717) is 0 Å². The van der Waals surface area contributed by atoms with Crippen molar-refractivity contribution in [3.05, 3.63) is 11.7 Å². The molecular weight excluding hydrogens is 268 g/mol. The van der Waals surface area contributed by atoms with Crippen molar-refractivity contribution in [2.45, 2.75) is 37.7 Å². The van der Waals surface area contributed by atoms with Crippen LogP contribution < -0.4 is 5.73 Å². The summed E-state index contributed by atoms with van der Waals surface area (Å²) < 4.78 is 77.9. The van der Waals surface area contributed by atoms with E-state index >= 15 is 0 Å². The van der Waals surface area contributed by atoms with Crippen molar-refractivity contribution < 1.29 is 30.9 Å². The van der Waals surface area contributed by atoms with Crippen molar-refractivity contribution in [1.82, 2.24) is 10.1 Å². The summed E-state index contributed by atoms with van der Waals surface area (Å²) in [7, 11) is 0. The molecule has 1 aromatic heterocycles. The van der Waals surface area contributed by atoms with Gasteiger partial charge in [0.1, 0.15) is 0 Å². The maximum Gasteiger partial charge on any atom is 0.409 e. The van der Waals surface area contributed by atoms with E-state index in [2.05, 4.69) is 14.7 Å². The van der Waals surface area contributed by atoms with Gasteiger partial charge in [0.15, 0.2) is 5.82 Å². The van der Waals surface area contributed by atoms with Crippen molar-refractivity contribution in [2.75, 3.05) is 0 Å². The van der Waals surface area contributed by atoms with Gasteiger partial charge in [-0.1, -0.05) is 12.1 Å². The van der Waals surface area contributed by atoms with Gasteiger partial charge in [-0.15, -0.1) is 0 Å². The highest BCUT2D eigenvalue weighted by molar-refractivity contribution is 5.03. The van der Waals surface area contributed by atoms with E-state index in [0.717, 1.165) is 0 Å². The second-order valence-corrected chi connectivity index (χ2v) is 3.52. The first-order valence-corrected chi connectivity index (χ1v) is 4.79. The molecule has 104 valence electrons. The maximum atomic E-state index is 12.3. The Kier molecular flexibility index (Phi) is 3.89. The summed E-state index contributed by atoms with van der Waals surface area (Å²) in [6.45, 7) is 1.58. The van der Waals surface area contributed by atoms with Crippen molar-refractivity contribution in [2.24, 2.45) is 5.73 Å². The van der Waals surface area contributed by atoms with Crippen molar-refractivity contribution in [3.8, 4) is 0 Å². The molecule has 1 rings (SSSR count). The first-order valence-electron chi connectivity index (χ1n) is 4.79. The van der Waals surface area contributed by atoms with Crippen LogP contribution in [0.1, 0.15) is 37.0 Å². The van der Waals surface area contributed by atoms with Crippen molar-refractivity contribution in [3.63, 3.8) is 0 Å². The molecule has 10 heteroatoms. The van der Waals surface area contributed by atoms with Crippen LogP contribution in [-0.2, 0) is 0 Å². The molecule has 0 bridgehead atoms. The molecule has 1 aromatic rings. The zero-order valence-corrected chi connectivity index (χ0v) is 9.01. The van der Waals surface area contributed by atoms with Gasteiger partial charge in [-0.2, -0.15) is 31.3 Å². The van der Waals surface area contributed by atoms with Crippen LogP contribution in [0.3, 0.4) is 0 Å². The second kappa shape index (κ2) is 4.75. The van der Waals surface area contributed by atoms with Crippen LogP contribution in [0.15, 0.2) is 4.52 Å². The molecule has 4 nitrogen and oxygen atoms in total. The molecule has 18 heavy (non-hydrogen) atoms. The number of aromatic nitrogens is 2. The van der Waals surface area contributed by atoms with Gasteiger partial charge in [-0.05, 0) is 6.42 Å². The number of nitrogens with two attached hydrogens (primary N) is 1. The lowest BCUT2D eigenvalue weighted by molar-refractivity contribution is -0.259. The molecule has 0 fully saturated rings. The Labute approximate surface area is 97.1 Å². The van der Waals surface area contributed by atoms with Gasteiger partial charge in [0.25, 0.3) is 0 Å². The molecule has 1 heterocycles. The Hall–Kier alpha value is -1.32. The minimum absolute atomic E-state index is 0.252. The highest BCUT2D eigenvalue weighted by Crippen LogP contribution is 2.45. The Morgan fingerprint density at radius 2 is 1.67 bits per heavy atom. The fraction of sp³-hybridized carbons (Fsp3) is 0.750. The van der Waals surface area contributed by atoms with E-state index < -0.39 is 30.2 Å². The summed E-state index contributed by atoms with van der Waals surface area (Å²) in [4.78, 5) is 3.07. The van der Waals surface area contributed by atoms with E-state index in [9.17, 15) is 26.3 Å². The topological polar surface area (TPSA) is 64.9 Å². The van der Waals surface area contributed by atoms with Crippen LogP contribution in [0, 0.1) is 0 Å². The van der Waals surface area contributed by atoms with E-state index in [1.165, 1.54) is 0 Å². The summed E-state index contributed by atoms with van der Waals surface area (Å²) in [6.07, 6.45) is -10.9. The van der Waals surface area contributed by atoms with Gasteiger partial charge >= 0.3 is 12.4 Å². The molecule has 0 aromatic carbocycles. The molecule has 0 saturated heterocycles. The minimum Gasteiger partial charge on any atom is -0.338 e. The molecule has 0 aliphatic heterocycles. The highest BCUT2D eigenvalue weighted by Gasteiger charge is 2.60. The monoisotopic (exact) mass is 277 g/mol. The third-order valence-corrected chi connectivity index (χ3v) is 2.13. The van der Waals surface area contributed by atoms with Crippen LogP contribution in [0.25, 0.3) is 0 Å². The first-order chi connectivity index (χ1) is 8.07. The maximum absolute atomic E-state index is 12.3. The Morgan fingerprint density at radius 1 is 1.17 bits per heavy atom. The molecule has 1 unspecified atom stereocenters. The van der Waals surface area contributed by atoms with Crippen LogP contribution in [-0.4, -0.2) is 22.5 Å². The fourth-order valence-corrected chi connectivity index (χ4v) is 1.16. The quantitative estimate of drug-likeness (QED) is 0.863. The second-order valence-electron chi connectivity index (χ2n) is 3.52. The highest BCUT2D eigenvalue weighted by atomic mass is 19.4. The Morgan fingerprint density at radius 3 is 2.06 bits per heavy atom. The third-order valence-electron chi connectivity index (χ3n) is 2.13. The van der Waals surface area contributed by atoms with Crippen LogP contribution in [0.2, 0.25) is 0 Å². The summed E-state index contributed by atoms with van der Waals surface area (Å²) in [6, 6.07) is -0.871. The van der Waals surface area contributed by atoms with Crippen LogP contribution >= 0.6 is 0 Å². The van der Waals surface area contributed by atoms with Crippen LogP contribution in [0.4, 0.5) is 26.3 Å². The van der Waals surface area contributed by atoms with Crippen LogP contribution in [0.5, 0.6) is 0 Å². The third kappa shape index (κ3) is 3.12. The number of halogens is 6. The molecule has 0 spiro atoms. The number of alkyl halides is 6. The van der Waals surface area contributed by atoms with Gasteiger partial charge in [0.05, 0.1) is 6.04 Å². The molecule has 0 aliphatic rings. The number of hydrogen-bond donors (Lipinski definition) is 1. The lowest BCUT2D eigenvalue weighted by atomic mass is 10.1. The van der Waals surface area contributed by atoms with Gasteiger partial charge in [0.2, 0.25) is 11.8 Å². The van der Waals surface area contributed by atoms with E-state index in [1.54, 1.807) is 6.92 Å². The molecular formula is C8H9F6N3O. The molecule has 0 amide bonds. The molecule has 0 aliphatic carbocycles. The normalized spacial score (nSPS) is 15.2. The number of rotatable bonds is 3. The average Bonchev–Trinajstić information content (AvgIpc) is 2.60. The lowest BCUT2D eigenvalue weighted by Crippen LogP contribution is -2.34. The average molecular weight is 277 g/mol. The Bertz CT molecular complexity index is 384. The zero-order valence-electron chi connectivity index (χ0n) is 9.01. The fourth-order valence-electron chi connectivity index (χ4n) is 1.16. The van der Waals surface area contributed by atoms with E-state index in [1.807, 2.05) is 0 Å².